The van der Waals surface area contributed by atoms with Gasteiger partial charge in [-0.1, -0.05) is 29.8 Å². The smallest absolute Gasteiger partial charge is 0.274 e. The summed E-state index contributed by atoms with van der Waals surface area (Å²) in [6.07, 6.45) is 1.66. The number of carbonyl (C=O) groups excluding carboxylic acids is 1. The zero-order valence-electron chi connectivity index (χ0n) is 14.1. The Bertz CT molecular complexity index is 901. The Morgan fingerprint density at radius 3 is 2.50 bits per heavy atom. The Labute approximate surface area is 156 Å². The Hall–Kier alpha value is -2.92. The quantitative estimate of drug-likeness (QED) is 0.665. The summed E-state index contributed by atoms with van der Waals surface area (Å²) in [5.41, 5.74) is 2.61. The van der Waals surface area contributed by atoms with E-state index in [1.807, 2.05) is 43.3 Å². The minimum Gasteiger partial charge on any atom is -0.341 e. The van der Waals surface area contributed by atoms with Crippen molar-refractivity contribution in [1.29, 1.82) is 0 Å². The van der Waals surface area contributed by atoms with Crippen LogP contribution in [0.2, 0.25) is 5.02 Å². The molecule has 0 atom stereocenters. The minimum absolute atomic E-state index is 0.0486. The van der Waals surface area contributed by atoms with Crippen LogP contribution in [0.25, 0.3) is 0 Å². The monoisotopic (exact) mass is 369 g/mol. The average molecular weight is 370 g/mol. The first-order valence-electron chi connectivity index (χ1n) is 8.13. The Morgan fingerprint density at radius 2 is 1.88 bits per heavy atom. The van der Waals surface area contributed by atoms with Gasteiger partial charge < -0.3 is 10.2 Å². The van der Waals surface area contributed by atoms with Crippen LogP contribution in [-0.2, 0) is 0 Å². The molecular weight excluding hydrogens is 353 g/mol. The number of para-hydroxylation sites is 1. The predicted molar refractivity (Wildman–Crippen MR) is 103 cm³/mol. The van der Waals surface area contributed by atoms with Crippen molar-refractivity contribution in [1.82, 2.24) is 4.98 Å². The van der Waals surface area contributed by atoms with E-state index in [-0.39, 0.29) is 16.6 Å². The first-order valence-corrected chi connectivity index (χ1v) is 8.51. The molecule has 1 amide bonds. The van der Waals surface area contributed by atoms with Crippen LogP contribution in [-0.4, -0.2) is 17.4 Å². The number of nitrogens with zero attached hydrogens (tertiary/aromatic N) is 2. The molecule has 0 aliphatic rings. The molecule has 4 nitrogen and oxygen atoms in total. The summed E-state index contributed by atoms with van der Waals surface area (Å²) in [6, 6.07) is 17.4. The average Bonchev–Trinajstić information content (AvgIpc) is 2.67. The molecule has 1 heterocycles. The number of rotatable bonds is 5. The molecule has 0 saturated heterocycles. The van der Waals surface area contributed by atoms with E-state index >= 15 is 0 Å². The fraction of sp³-hybridized carbons (Fsp3) is 0.100. The van der Waals surface area contributed by atoms with Gasteiger partial charge in [0.2, 0.25) is 0 Å². The standard InChI is InChI=1S/C20H17ClFN3O/c1-2-25(15-6-4-3-5-7-15)16-9-11-19(23-13-16)20(26)24-14-8-10-18(22)17(21)12-14/h3-13H,2H2,1H3,(H,24,26). The second-order valence-corrected chi connectivity index (χ2v) is 5.97. The summed E-state index contributed by atoms with van der Waals surface area (Å²) in [7, 11) is 0. The van der Waals surface area contributed by atoms with Crippen LogP contribution in [0.1, 0.15) is 17.4 Å². The lowest BCUT2D eigenvalue weighted by atomic mass is 10.2. The second-order valence-electron chi connectivity index (χ2n) is 5.56. The van der Waals surface area contributed by atoms with Crippen LogP contribution < -0.4 is 10.2 Å². The normalized spacial score (nSPS) is 10.4. The molecule has 0 radical (unpaired) electrons. The number of carbonyl (C=O) groups is 1. The van der Waals surface area contributed by atoms with Crippen LogP contribution in [0.3, 0.4) is 0 Å². The predicted octanol–water partition coefficient (Wildman–Crippen LogP) is 5.28. The van der Waals surface area contributed by atoms with E-state index in [2.05, 4.69) is 15.2 Å². The van der Waals surface area contributed by atoms with Gasteiger partial charge in [-0.3, -0.25) is 4.79 Å². The lowest BCUT2D eigenvalue weighted by Gasteiger charge is -2.22. The van der Waals surface area contributed by atoms with Crippen molar-refractivity contribution in [3.63, 3.8) is 0 Å². The van der Waals surface area contributed by atoms with Gasteiger partial charge >= 0.3 is 0 Å². The molecule has 0 aliphatic heterocycles. The number of pyridine rings is 1. The largest absolute Gasteiger partial charge is 0.341 e. The zero-order chi connectivity index (χ0) is 18.5. The maximum absolute atomic E-state index is 13.2. The highest BCUT2D eigenvalue weighted by atomic mass is 35.5. The van der Waals surface area contributed by atoms with E-state index in [9.17, 15) is 9.18 Å². The molecular formula is C20H17ClFN3O. The van der Waals surface area contributed by atoms with E-state index in [4.69, 9.17) is 11.6 Å². The molecule has 132 valence electrons. The Balaban J connectivity index is 1.76. The number of anilines is 3. The number of hydrogen-bond acceptors (Lipinski definition) is 3. The van der Waals surface area contributed by atoms with E-state index < -0.39 is 5.82 Å². The molecule has 1 aromatic heterocycles. The first-order chi connectivity index (χ1) is 12.6. The van der Waals surface area contributed by atoms with Gasteiger partial charge in [-0.15, -0.1) is 0 Å². The summed E-state index contributed by atoms with van der Waals surface area (Å²) in [4.78, 5) is 18.6. The van der Waals surface area contributed by atoms with Gasteiger partial charge in [0.15, 0.2) is 0 Å². The van der Waals surface area contributed by atoms with Crippen LogP contribution in [0.5, 0.6) is 0 Å². The highest BCUT2D eigenvalue weighted by Crippen LogP contribution is 2.24. The van der Waals surface area contributed by atoms with Crippen molar-refractivity contribution in [2.24, 2.45) is 0 Å². The van der Waals surface area contributed by atoms with E-state index in [0.29, 0.717) is 5.69 Å². The number of nitrogens with one attached hydrogen (secondary N) is 1. The van der Waals surface area contributed by atoms with Crippen LogP contribution in [0.4, 0.5) is 21.5 Å². The zero-order valence-corrected chi connectivity index (χ0v) is 14.9. The summed E-state index contributed by atoms with van der Waals surface area (Å²) in [5, 5.41) is 2.61. The molecule has 2 aromatic carbocycles. The number of benzene rings is 2. The van der Waals surface area contributed by atoms with E-state index in [0.717, 1.165) is 17.9 Å². The number of amides is 1. The van der Waals surface area contributed by atoms with Gasteiger partial charge in [-0.2, -0.15) is 0 Å². The van der Waals surface area contributed by atoms with Crippen molar-refractivity contribution >= 4 is 34.6 Å². The summed E-state index contributed by atoms with van der Waals surface area (Å²) >= 11 is 5.73. The van der Waals surface area contributed by atoms with Crippen molar-refractivity contribution in [2.45, 2.75) is 6.92 Å². The maximum atomic E-state index is 13.2. The molecule has 6 heteroatoms. The first kappa shape index (κ1) is 17.9. The minimum atomic E-state index is -0.535. The number of hydrogen-bond donors (Lipinski definition) is 1. The van der Waals surface area contributed by atoms with Gasteiger partial charge in [-0.05, 0) is 49.4 Å². The van der Waals surface area contributed by atoms with Gasteiger partial charge in [-0.25, -0.2) is 9.37 Å². The Morgan fingerprint density at radius 1 is 1.12 bits per heavy atom. The number of halogens is 2. The molecule has 1 N–H and O–H groups in total. The third kappa shape index (κ3) is 4.00. The van der Waals surface area contributed by atoms with E-state index in [1.165, 1.54) is 18.2 Å². The lowest BCUT2D eigenvalue weighted by molar-refractivity contribution is 0.102. The maximum Gasteiger partial charge on any atom is 0.274 e. The molecule has 0 spiro atoms. The van der Waals surface area contributed by atoms with Crippen LogP contribution >= 0.6 is 11.6 Å². The molecule has 26 heavy (non-hydrogen) atoms. The lowest BCUT2D eigenvalue weighted by Crippen LogP contribution is -2.17. The van der Waals surface area contributed by atoms with Crippen molar-refractivity contribution < 1.29 is 9.18 Å². The summed E-state index contributed by atoms with van der Waals surface area (Å²) in [6.45, 7) is 2.82. The molecule has 0 bridgehead atoms. The van der Waals surface area contributed by atoms with Crippen molar-refractivity contribution in [3.8, 4) is 0 Å². The molecule has 3 rings (SSSR count). The highest BCUT2D eigenvalue weighted by Gasteiger charge is 2.12. The molecule has 0 saturated carbocycles. The number of aromatic nitrogens is 1. The van der Waals surface area contributed by atoms with Gasteiger partial charge in [0.25, 0.3) is 5.91 Å². The van der Waals surface area contributed by atoms with Crippen LogP contribution in [0, 0.1) is 5.82 Å². The second kappa shape index (κ2) is 7.97. The molecule has 3 aromatic rings. The molecule has 0 aliphatic carbocycles. The highest BCUT2D eigenvalue weighted by molar-refractivity contribution is 6.31. The molecule has 0 unspecified atom stereocenters. The fourth-order valence-electron chi connectivity index (χ4n) is 2.57. The van der Waals surface area contributed by atoms with E-state index in [1.54, 1.807) is 12.3 Å². The summed E-state index contributed by atoms with van der Waals surface area (Å²) in [5.74, 6) is -0.922. The summed E-state index contributed by atoms with van der Waals surface area (Å²) < 4.78 is 13.2. The van der Waals surface area contributed by atoms with Crippen molar-refractivity contribution in [3.05, 3.63) is 83.4 Å². The van der Waals surface area contributed by atoms with Gasteiger partial charge in [0, 0.05) is 17.9 Å². The van der Waals surface area contributed by atoms with Gasteiger partial charge in [0.05, 0.1) is 16.9 Å². The van der Waals surface area contributed by atoms with Crippen LogP contribution in [0.15, 0.2) is 66.9 Å². The SMILES string of the molecule is CCN(c1ccccc1)c1ccc(C(=O)Nc2ccc(F)c(Cl)c2)nc1. The molecule has 0 fully saturated rings. The fourth-order valence-corrected chi connectivity index (χ4v) is 2.75. The third-order valence-electron chi connectivity index (χ3n) is 3.85. The van der Waals surface area contributed by atoms with Gasteiger partial charge in [0.1, 0.15) is 11.5 Å². The van der Waals surface area contributed by atoms with Crippen molar-refractivity contribution in [2.75, 3.05) is 16.8 Å². The third-order valence-corrected chi connectivity index (χ3v) is 4.14. The topological polar surface area (TPSA) is 45.2 Å². The Kier molecular flexibility index (Phi) is 5.49.